The molecule has 0 aromatic carbocycles. The Kier molecular flexibility index (Phi) is 4.85. The highest BCUT2D eigenvalue weighted by Gasteiger charge is 2.17. The molecule has 0 rings (SSSR count). The van der Waals surface area contributed by atoms with E-state index in [4.69, 9.17) is 0 Å². The molecule has 3 heteroatoms. The molecule has 0 radical (unpaired) electrons. The maximum atomic E-state index is 11.0. The van der Waals surface area contributed by atoms with Crippen molar-refractivity contribution in [2.75, 3.05) is 13.6 Å². The summed E-state index contributed by atoms with van der Waals surface area (Å²) in [4.78, 5) is 23.9. The molecule has 3 nitrogen and oxygen atoms in total. The van der Waals surface area contributed by atoms with Crippen molar-refractivity contribution in [2.45, 2.75) is 33.7 Å². The summed E-state index contributed by atoms with van der Waals surface area (Å²) in [6.45, 7) is 7.54. The summed E-state index contributed by atoms with van der Waals surface area (Å²) < 4.78 is 0. The second-order valence-corrected chi connectivity index (χ2v) is 3.74. The van der Waals surface area contributed by atoms with Gasteiger partial charge in [-0.1, -0.05) is 6.92 Å². The first-order chi connectivity index (χ1) is 5.86. The number of nitrogens with zero attached hydrogens (tertiary/aromatic N) is 1. The van der Waals surface area contributed by atoms with Crippen LogP contribution in [0.5, 0.6) is 0 Å². The Hall–Kier alpha value is -0.700. The first kappa shape index (κ1) is 12.3. The van der Waals surface area contributed by atoms with Crippen molar-refractivity contribution >= 4 is 11.6 Å². The van der Waals surface area contributed by atoms with Gasteiger partial charge in [-0.2, -0.15) is 0 Å². The third kappa shape index (κ3) is 4.18. The maximum Gasteiger partial charge on any atom is 0.146 e. The van der Waals surface area contributed by atoms with Crippen molar-refractivity contribution < 1.29 is 9.59 Å². The molecule has 2 atom stereocenters. The quantitative estimate of drug-likeness (QED) is 0.644. The van der Waals surface area contributed by atoms with Crippen LogP contribution < -0.4 is 0 Å². The van der Waals surface area contributed by atoms with Crippen LogP contribution in [-0.2, 0) is 9.59 Å². The summed E-state index contributed by atoms with van der Waals surface area (Å²) in [7, 11) is 1.87. The second kappa shape index (κ2) is 5.12. The van der Waals surface area contributed by atoms with Crippen molar-refractivity contribution in [1.29, 1.82) is 0 Å². The van der Waals surface area contributed by atoms with Crippen molar-refractivity contribution in [1.82, 2.24) is 4.90 Å². The standard InChI is InChI=1S/C10H19NO2/c1-7(9(3)12)6-11(5)8(2)10(4)13/h7-8H,6H2,1-5H3/t7-,8+/m0/s1. The number of hydrogen-bond donors (Lipinski definition) is 0. The van der Waals surface area contributed by atoms with Crippen LogP contribution in [0.2, 0.25) is 0 Å². The van der Waals surface area contributed by atoms with Gasteiger partial charge in [0.2, 0.25) is 0 Å². The molecule has 76 valence electrons. The first-order valence-electron chi connectivity index (χ1n) is 4.57. The number of carbonyl (C=O) groups is 2. The zero-order chi connectivity index (χ0) is 10.6. The summed E-state index contributed by atoms with van der Waals surface area (Å²) in [6, 6.07) is -0.0956. The number of carbonyl (C=O) groups excluding carboxylic acids is 2. The number of rotatable bonds is 5. The van der Waals surface area contributed by atoms with Crippen LogP contribution in [0.4, 0.5) is 0 Å². The summed E-state index contributed by atoms with van der Waals surface area (Å²) in [5, 5.41) is 0. The molecule has 0 spiro atoms. The summed E-state index contributed by atoms with van der Waals surface area (Å²) >= 11 is 0. The fraction of sp³-hybridized carbons (Fsp3) is 0.800. The van der Waals surface area contributed by atoms with E-state index in [1.807, 2.05) is 25.8 Å². The molecule has 0 aliphatic carbocycles. The Balaban J connectivity index is 4.06. The van der Waals surface area contributed by atoms with Crippen molar-refractivity contribution in [3.05, 3.63) is 0 Å². The molecule has 0 aromatic rings. The van der Waals surface area contributed by atoms with Crippen LogP contribution in [0.15, 0.2) is 0 Å². The SMILES string of the molecule is CC(=O)[C@@H](C)N(C)C[C@H](C)C(C)=O. The molecule has 0 heterocycles. The van der Waals surface area contributed by atoms with E-state index in [1.165, 1.54) is 0 Å². The molecule has 0 saturated heterocycles. The van der Waals surface area contributed by atoms with Gasteiger partial charge in [0, 0.05) is 12.5 Å². The molecule has 0 saturated carbocycles. The first-order valence-corrected chi connectivity index (χ1v) is 4.57. The molecule has 0 aliphatic rings. The maximum absolute atomic E-state index is 11.0. The van der Waals surface area contributed by atoms with Crippen LogP contribution in [0, 0.1) is 5.92 Å². The van der Waals surface area contributed by atoms with Gasteiger partial charge in [-0.25, -0.2) is 0 Å². The highest BCUT2D eigenvalue weighted by atomic mass is 16.1. The number of hydrogen-bond acceptors (Lipinski definition) is 3. The predicted molar refractivity (Wildman–Crippen MR) is 52.6 cm³/mol. The number of ketones is 2. The van der Waals surface area contributed by atoms with E-state index in [9.17, 15) is 9.59 Å². The molecule has 0 unspecified atom stereocenters. The fourth-order valence-corrected chi connectivity index (χ4v) is 1.03. The van der Waals surface area contributed by atoms with E-state index in [2.05, 4.69) is 0 Å². The lowest BCUT2D eigenvalue weighted by atomic mass is 10.1. The molecule has 13 heavy (non-hydrogen) atoms. The van der Waals surface area contributed by atoms with Gasteiger partial charge in [0.15, 0.2) is 0 Å². The predicted octanol–water partition coefficient (Wildman–Crippen LogP) is 1.12. The van der Waals surface area contributed by atoms with Crippen LogP contribution in [-0.4, -0.2) is 36.1 Å². The highest BCUT2D eigenvalue weighted by molar-refractivity contribution is 5.81. The topological polar surface area (TPSA) is 37.4 Å². The molecule has 0 bridgehead atoms. The van der Waals surface area contributed by atoms with Gasteiger partial charge < -0.3 is 0 Å². The number of likely N-dealkylation sites (N-methyl/N-ethyl adjacent to an activating group) is 1. The highest BCUT2D eigenvalue weighted by Crippen LogP contribution is 2.03. The molecular formula is C10H19NO2. The Labute approximate surface area is 80.1 Å². The average Bonchev–Trinajstić information content (AvgIpc) is 2.02. The molecule has 0 N–H and O–H groups in total. The molecule has 0 amide bonds. The number of Topliss-reactive ketones (excluding diaryl/α,β-unsaturated/α-hetero) is 2. The lowest BCUT2D eigenvalue weighted by Crippen LogP contribution is -2.38. The van der Waals surface area contributed by atoms with Gasteiger partial charge in [0.1, 0.15) is 11.6 Å². The molecule has 0 fully saturated rings. The third-order valence-electron chi connectivity index (χ3n) is 2.51. The van der Waals surface area contributed by atoms with E-state index in [0.29, 0.717) is 6.54 Å². The zero-order valence-corrected chi connectivity index (χ0v) is 9.13. The molecule has 0 aromatic heterocycles. The Morgan fingerprint density at radius 3 is 1.92 bits per heavy atom. The summed E-state index contributed by atoms with van der Waals surface area (Å²) in [5.41, 5.74) is 0. The van der Waals surface area contributed by atoms with Crippen LogP contribution >= 0.6 is 0 Å². The van der Waals surface area contributed by atoms with E-state index in [-0.39, 0.29) is 23.5 Å². The minimum Gasteiger partial charge on any atom is -0.300 e. The van der Waals surface area contributed by atoms with Gasteiger partial charge >= 0.3 is 0 Å². The Bertz CT molecular complexity index is 201. The fourth-order valence-electron chi connectivity index (χ4n) is 1.03. The van der Waals surface area contributed by atoms with Gasteiger partial charge in [0.05, 0.1) is 6.04 Å². The monoisotopic (exact) mass is 185 g/mol. The van der Waals surface area contributed by atoms with Crippen LogP contribution in [0.1, 0.15) is 27.7 Å². The van der Waals surface area contributed by atoms with Gasteiger partial charge in [-0.15, -0.1) is 0 Å². The van der Waals surface area contributed by atoms with Crippen LogP contribution in [0.25, 0.3) is 0 Å². The lowest BCUT2D eigenvalue weighted by Gasteiger charge is -2.24. The normalized spacial score (nSPS) is 15.5. The molecular weight excluding hydrogens is 166 g/mol. The lowest BCUT2D eigenvalue weighted by molar-refractivity contribution is -0.124. The average molecular weight is 185 g/mol. The van der Waals surface area contributed by atoms with Crippen molar-refractivity contribution in [2.24, 2.45) is 5.92 Å². The van der Waals surface area contributed by atoms with Crippen LogP contribution in [0.3, 0.4) is 0 Å². The summed E-state index contributed by atoms with van der Waals surface area (Å²) in [6.07, 6.45) is 0. The van der Waals surface area contributed by atoms with Gasteiger partial charge in [-0.05, 0) is 27.8 Å². The largest absolute Gasteiger partial charge is 0.300 e. The zero-order valence-electron chi connectivity index (χ0n) is 9.13. The van der Waals surface area contributed by atoms with Crippen molar-refractivity contribution in [3.63, 3.8) is 0 Å². The van der Waals surface area contributed by atoms with Crippen molar-refractivity contribution in [3.8, 4) is 0 Å². The van der Waals surface area contributed by atoms with E-state index >= 15 is 0 Å². The Morgan fingerprint density at radius 2 is 1.62 bits per heavy atom. The minimum atomic E-state index is -0.0956. The minimum absolute atomic E-state index is 0.00630. The summed E-state index contributed by atoms with van der Waals surface area (Å²) in [5.74, 6) is 0.313. The van der Waals surface area contributed by atoms with E-state index < -0.39 is 0 Å². The smallest absolute Gasteiger partial charge is 0.146 e. The Morgan fingerprint density at radius 1 is 1.15 bits per heavy atom. The van der Waals surface area contributed by atoms with Gasteiger partial charge in [-0.3, -0.25) is 14.5 Å². The van der Waals surface area contributed by atoms with E-state index in [0.717, 1.165) is 0 Å². The molecule has 0 aliphatic heterocycles. The third-order valence-corrected chi connectivity index (χ3v) is 2.51. The van der Waals surface area contributed by atoms with E-state index in [1.54, 1.807) is 13.8 Å². The van der Waals surface area contributed by atoms with Gasteiger partial charge in [0.25, 0.3) is 0 Å². The second-order valence-electron chi connectivity index (χ2n) is 3.74.